The van der Waals surface area contributed by atoms with Gasteiger partial charge in [0.05, 0.1) is 12.2 Å². The zero-order chi connectivity index (χ0) is 28.0. The van der Waals surface area contributed by atoms with Gasteiger partial charge in [-0.15, -0.1) is 0 Å². The molecule has 3 fully saturated rings. The standard InChI is InChI=1S/C24H30FNO2.C3H8.2C2H6.CH3N/c1-16-10-17-6-7-24(13-16,14-17)15-28-22-12-21(25)20(11-19(22)18-4-5-18)23(27)26-8-2-3-9-26;1-3-2;3*1-2/h6,11-12,16,18H,2-5,7-10,13-15H2,1H3;3H2,1-2H3;2*1-2H3;2H,1H2. The molecule has 1 amide bonds. The normalized spacial score (nSPS) is 23.0. The number of hydrogen-bond donors (Lipinski definition) is 1. The minimum absolute atomic E-state index is 0.159. The van der Waals surface area contributed by atoms with Crippen LogP contribution in [0.2, 0.25) is 0 Å². The fourth-order valence-electron chi connectivity index (χ4n) is 5.62. The average molecular weight is 517 g/mol. The van der Waals surface area contributed by atoms with Crippen LogP contribution >= 0.6 is 0 Å². The number of hydrogen-bond acceptors (Lipinski definition) is 3. The van der Waals surface area contributed by atoms with Crippen molar-refractivity contribution in [3.05, 3.63) is 40.7 Å². The maximum absolute atomic E-state index is 14.9. The van der Waals surface area contributed by atoms with Gasteiger partial charge in [-0.2, -0.15) is 0 Å². The third-order valence-corrected chi connectivity index (χ3v) is 7.09. The molecular weight excluding hydrogens is 463 g/mol. The highest BCUT2D eigenvalue weighted by molar-refractivity contribution is 5.95. The van der Waals surface area contributed by atoms with Crippen molar-refractivity contribution >= 4 is 12.6 Å². The highest BCUT2D eigenvalue weighted by Crippen LogP contribution is 2.51. The molecule has 210 valence electrons. The van der Waals surface area contributed by atoms with Crippen LogP contribution in [0.3, 0.4) is 0 Å². The second kappa shape index (κ2) is 16.6. The maximum Gasteiger partial charge on any atom is 0.256 e. The quantitative estimate of drug-likeness (QED) is 0.313. The van der Waals surface area contributed by atoms with Crippen molar-refractivity contribution in [3.8, 4) is 5.75 Å². The van der Waals surface area contributed by atoms with Crippen molar-refractivity contribution in [1.82, 2.24) is 4.90 Å². The summed E-state index contributed by atoms with van der Waals surface area (Å²) in [7, 11) is 0. The monoisotopic (exact) mass is 516 g/mol. The third kappa shape index (κ3) is 8.97. The second-order valence-electron chi connectivity index (χ2n) is 10.4. The number of benzene rings is 1. The number of ether oxygens (including phenoxy) is 1. The van der Waals surface area contributed by atoms with Gasteiger partial charge in [0.15, 0.2) is 0 Å². The average Bonchev–Trinajstić information content (AvgIpc) is 3.52. The first-order chi connectivity index (χ1) is 17.9. The molecule has 1 aromatic carbocycles. The Balaban J connectivity index is 0.000000685. The lowest BCUT2D eigenvalue weighted by Gasteiger charge is -2.36. The van der Waals surface area contributed by atoms with Gasteiger partial charge < -0.3 is 15.0 Å². The van der Waals surface area contributed by atoms with Crippen LogP contribution in [0.15, 0.2) is 23.8 Å². The van der Waals surface area contributed by atoms with E-state index < -0.39 is 5.82 Å². The van der Waals surface area contributed by atoms with Crippen molar-refractivity contribution in [2.24, 2.45) is 11.3 Å². The molecule has 2 atom stereocenters. The van der Waals surface area contributed by atoms with Crippen LogP contribution in [-0.2, 0) is 0 Å². The van der Waals surface area contributed by atoms with Crippen LogP contribution in [0, 0.1) is 22.6 Å². The molecule has 1 saturated heterocycles. The molecule has 2 saturated carbocycles. The van der Waals surface area contributed by atoms with E-state index in [1.165, 1.54) is 25.3 Å². The molecule has 4 aliphatic rings. The molecule has 4 nitrogen and oxygen atoms in total. The van der Waals surface area contributed by atoms with E-state index in [0.29, 0.717) is 24.2 Å². The molecule has 1 aromatic rings. The van der Waals surface area contributed by atoms with E-state index >= 15 is 0 Å². The Hall–Kier alpha value is -2.17. The van der Waals surface area contributed by atoms with Gasteiger partial charge >= 0.3 is 0 Å². The van der Waals surface area contributed by atoms with Crippen LogP contribution in [0.4, 0.5) is 4.39 Å². The predicted molar refractivity (Wildman–Crippen MR) is 156 cm³/mol. The number of carbonyl (C=O) groups is 1. The lowest BCUT2D eigenvalue weighted by atomic mass is 9.72. The SMILES string of the molecule is C=N.CC.CC.CC1CC2=CCC(COc3cc(F)c(C(=O)N4CCCC4)cc3C3CC3)(C2)C1.CCC. The molecule has 2 unspecified atom stereocenters. The number of carbonyl (C=O) groups excluding carboxylic acids is 1. The number of amides is 1. The Bertz CT molecular complexity index is 859. The summed E-state index contributed by atoms with van der Waals surface area (Å²) in [6, 6.07) is 3.28. The summed E-state index contributed by atoms with van der Waals surface area (Å²) >= 11 is 0. The van der Waals surface area contributed by atoms with Crippen molar-refractivity contribution in [2.45, 2.75) is 112 Å². The number of allylic oxidation sites excluding steroid dienone is 2. The van der Waals surface area contributed by atoms with E-state index in [2.05, 4.69) is 33.6 Å². The van der Waals surface area contributed by atoms with E-state index in [1.807, 2.05) is 27.7 Å². The Morgan fingerprint density at radius 2 is 1.73 bits per heavy atom. The first-order valence-corrected chi connectivity index (χ1v) is 14.7. The van der Waals surface area contributed by atoms with Crippen LogP contribution in [-0.4, -0.2) is 37.2 Å². The summed E-state index contributed by atoms with van der Waals surface area (Å²) in [5, 5.41) is 5.50. The zero-order valence-corrected chi connectivity index (χ0v) is 24.7. The van der Waals surface area contributed by atoms with E-state index in [1.54, 1.807) is 16.5 Å². The number of likely N-dealkylation sites (tertiary alicyclic amines) is 1. The Kier molecular flexibility index (Phi) is 14.8. The number of nitrogens with zero attached hydrogens (tertiary/aromatic N) is 1. The van der Waals surface area contributed by atoms with Crippen molar-refractivity contribution in [1.29, 1.82) is 5.41 Å². The lowest BCUT2D eigenvalue weighted by Crippen LogP contribution is -2.31. The first-order valence-electron chi connectivity index (χ1n) is 14.7. The maximum atomic E-state index is 14.9. The molecule has 1 N–H and O–H groups in total. The van der Waals surface area contributed by atoms with Crippen LogP contribution in [0.25, 0.3) is 0 Å². The summed E-state index contributed by atoms with van der Waals surface area (Å²) in [5.74, 6) is 1.19. The number of rotatable bonds is 5. The fraction of sp³-hybridized carbons (Fsp3) is 0.688. The van der Waals surface area contributed by atoms with Crippen LogP contribution < -0.4 is 4.74 Å². The van der Waals surface area contributed by atoms with Gasteiger partial charge in [-0.3, -0.25) is 4.79 Å². The molecule has 5 heteroatoms. The van der Waals surface area contributed by atoms with Gasteiger partial charge in [0.25, 0.3) is 5.91 Å². The molecule has 0 spiro atoms. The molecule has 2 bridgehead atoms. The van der Waals surface area contributed by atoms with Gasteiger partial charge in [-0.25, -0.2) is 4.39 Å². The van der Waals surface area contributed by atoms with Gasteiger partial charge in [-0.05, 0) is 81.5 Å². The summed E-state index contributed by atoms with van der Waals surface area (Å²) in [5.41, 5.74) is 3.03. The van der Waals surface area contributed by atoms with E-state index in [9.17, 15) is 9.18 Å². The smallest absolute Gasteiger partial charge is 0.256 e. The Labute approximate surface area is 226 Å². The highest BCUT2D eigenvalue weighted by atomic mass is 19.1. The molecule has 37 heavy (non-hydrogen) atoms. The minimum atomic E-state index is -0.434. The summed E-state index contributed by atoms with van der Waals surface area (Å²) in [4.78, 5) is 14.5. The molecule has 3 aliphatic carbocycles. The minimum Gasteiger partial charge on any atom is -0.493 e. The van der Waals surface area contributed by atoms with Crippen LogP contribution in [0.1, 0.15) is 128 Å². The zero-order valence-electron chi connectivity index (χ0n) is 24.7. The fourth-order valence-corrected chi connectivity index (χ4v) is 5.62. The summed E-state index contributed by atoms with van der Waals surface area (Å²) in [6.45, 7) is 19.2. The molecule has 0 aromatic heterocycles. The summed E-state index contributed by atoms with van der Waals surface area (Å²) in [6.07, 6.45) is 12.5. The van der Waals surface area contributed by atoms with E-state index in [4.69, 9.17) is 10.1 Å². The van der Waals surface area contributed by atoms with Gasteiger partial charge in [-0.1, -0.05) is 66.5 Å². The molecule has 5 rings (SSSR count). The van der Waals surface area contributed by atoms with E-state index in [0.717, 1.165) is 57.2 Å². The predicted octanol–water partition coefficient (Wildman–Crippen LogP) is 9.19. The largest absolute Gasteiger partial charge is 0.493 e. The van der Waals surface area contributed by atoms with E-state index in [-0.39, 0.29) is 16.9 Å². The van der Waals surface area contributed by atoms with Gasteiger partial charge in [0.2, 0.25) is 0 Å². The van der Waals surface area contributed by atoms with Gasteiger partial charge in [0.1, 0.15) is 11.6 Å². The first kappa shape index (κ1) is 32.9. The number of halogens is 1. The van der Waals surface area contributed by atoms with Crippen molar-refractivity contribution in [3.63, 3.8) is 0 Å². The molecular formula is C32H53FN2O2. The lowest BCUT2D eigenvalue weighted by molar-refractivity contribution is 0.0787. The Morgan fingerprint density at radius 1 is 1.14 bits per heavy atom. The molecule has 0 radical (unpaired) electrons. The second-order valence-corrected chi connectivity index (χ2v) is 10.4. The number of nitrogens with one attached hydrogen (secondary N) is 1. The third-order valence-electron chi connectivity index (χ3n) is 7.09. The topological polar surface area (TPSA) is 53.4 Å². The Morgan fingerprint density at radius 3 is 2.30 bits per heavy atom. The number of fused-ring (bicyclic) bond motifs is 2. The molecule has 1 heterocycles. The molecule has 1 aliphatic heterocycles. The van der Waals surface area contributed by atoms with Gasteiger partial charge in [0, 0.05) is 24.6 Å². The van der Waals surface area contributed by atoms with Crippen LogP contribution in [0.5, 0.6) is 5.75 Å². The highest BCUT2D eigenvalue weighted by Gasteiger charge is 2.41. The van der Waals surface area contributed by atoms with Crippen molar-refractivity contribution in [2.75, 3.05) is 19.7 Å². The van der Waals surface area contributed by atoms with Crippen molar-refractivity contribution < 1.29 is 13.9 Å². The summed E-state index contributed by atoms with van der Waals surface area (Å²) < 4.78 is 21.2.